The molecular formula is C21H17N3O3. The summed E-state index contributed by atoms with van der Waals surface area (Å²) in [6.07, 6.45) is 0.0817. The summed E-state index contributed by atoms with van der Waals surface area (Å²) in [6.45, 7) is 0. The zero-order valence-electron chi connectivity index (χ0n) is 14.4. The van der Waals surface area contributed by atoms with Gasteiger partial charge in [-0.25, -0.2) is 5.43 Å². The molecule has 3 rings (SSSR count). The minimum atomic E-state index is -0.472. The standard InChI is InChI=1S/C21H17N3O3/c25-20(15-16-11-13-19(14-12-16)24(26)27)22-23-21(17-7-3-1-4-8-17)18-9-5-2-6-10-18/h1-14H,15H2,(H,22,25). The van der Waals surface area contributed by atoms with Gasteiger partial charge in [0.2, 0.25) is 5.91 Å². The molecule has 6 heteroatoms. The Morgan fingerprint density at radius 1 is 0.852 bits per heavy atom. The van der Waals surface area contributed by atoms with Crippen LogP contribution in [-0.4, -0.2) is 16.5 Å². The van der Waals surface area contributed by atoms with Crippen LogP contribution in [0.25, 0.3) is 0 Å². The number of hydrogen-bond donors (Lipinski definition) is 1. The van der Waals surface area contributed by atoms with Gasteiger partial charge in [-0.15, -0.1) is 0 Å². The maximum Gasteiger partial charge on any atom is 0.269 e. The third kappa shape index (κ3) is 4.85. The lowest BCUT2D eigenvalue weighted by molar-refractivity contribution is -0.384. The molecule has 0 unspecified atom stereocenters. The van der Waals surface area contributed by atoms with Crippen LogP contribution in [0.1, 0.15) is 16.7 Å². The number of carbonyl (C=O) groups excluding carboxylic acids is 1. The monoisotopic (exact) mass is 359 g/mol. The van der Waals surface area contributed by atoms with E-state index in [1.54, 1.807) is 12.1 Å². The minimum absolute atomic E-state index is 0.00683. The highest BCUT2D eigenvalue weighted by atomic mass is 16.6. The first-order valence-corrected chi connectivity index (χ1v) is 8.34. The van der Waals surface area contributed by atoms with Gasteiger partial charge in [-0.05, 0) is 5.56 Å². The van der Waals surface area contributed by atoms with E-state index >= 15 is 0 Å². The molecule has 3 aromatic rings. The Balaban J connectivity index is 1.76. The summed E-state index contributed by atoms with van der Waals surface area (Å²) in [7, 11) is 0. The number of carbonyl (C=O) groups is 1. The molecule has 0 aliphatic carbocycles. The minimum Gasteiger partial charge on any atom is -0.273 e. The highest BCUT2D eigenvalue weighted by Crippen LogP contribution is 2.13. The fraction of sp³-hybridized carbons (Fsp3) is 0.0476. The van der Waals surface area contributed by atoms with E-state index in [1.165, 1.54) is 12.1 Å². The Labute approximate surface area is 156 Å². The lowest BCUT2D eigenvalue weighted by Crippen LogP contribution is -2.22. The van der Waals surface area contributed by atoms with E-state index < -0.39 is 4.92 Å². The summed E-state index contributed by atoms with van der Waals surface area (Å²) < 4.78 is 0. The van der Waals surface area contributed by atoms with Crippen molar-refractivity contribution in [1.29, 1.82) is 0 Å². The Kier molecular flexibility index (Phi) is 5.69. The van der Waals surface area contributed by atoms with Gasteiger partial charge in [-0.1, -0.05) is 72.8 Å². The van der Waals surface area contributed by atoms with Gasteiger partial charge in [0.05, 0.1) is 17.1 Å². The molecule has 0 radical (unpaired) electrons. The van der Waals surface area contributed by atoms with Gasteiger partial charge in [0.1, 0.15) is 0 Å². The summed E-state index contributed by atoms with van der Waals surface area (Å²) in [5.74, 6) is -0.298. The summed E-state index contributed by atoms with van der Waals surface area (Å²) in [6, 6.07) is 25.1. The molecule has 0 fully saturated rings. The molecule has 134 valence electrons. The van der Waals surface area contributed by atoms with Crippen molar-refractivity contribution in [2.75, 3.05) is 0 Å². The molecule has 3 aromatic carbocycles. The molecule has 0 saturated carbocycles. The van der Waals surface area contributed by atoms with Crippen molar-refractivity contribution in [2.24, 2.45) is 5.10 Å². The fourth-order valence-corrected chi connectivity index (χ4v) is 2.57. The average Bonchev–Trinajstić information content (AvgIpc) is 2.70. The largest absolute Gasteiger partial charge is 0.273 e. The van der Waals surface area contributed by atoms with Crippen LogP contribution < -0.4 is 5.43 Å². The van der Waals surface area contributed by atoms with Gasteiger partial charge >= 0.3 is 0 Å². The van der Waals surface area contributed by atoms with E-state index in [2.05, 4.69) is 10.5 Å². The molecule has 1 N–H and O–H groups in total. The maximum absolute atomic E-state index is 12.2. The van der Waals surface area contributed by atoms with E-state index in [0.29, 0.717) is 11.3 Å². The summed E-state index contributed by atoms with van der Waals surface area (Å²) in [4.78, 5) is 22.5. The zero-order chi connectivity index (χ0) is 19.1. The average molecular weight is 359 g/mol. The molecule has 0 aliphatic rings. The SMILES string of the molecule is O=C(Cc1ccc([N+](=O)[O-])cc1)NN=C(c1ccccc1)c1ccccc1. The first-order valence-electron chi connectivity index (χ1n) is 8.34. The summed E-state index contributed by atoms with van der Waals surface area (Å²) in [5, 5.41) is 15.0. The first kappa shape index (κ1) is 18.0. The first-order chi connectivity index (χ1) is 13.1. The lowest BCUT2D eigenvalue weighted by Gasteiger charge is -2.08. The van der Waals surface area contributed by atoms with Gasteiger partial charge in [0, 0.05) is 23.3 Å². The maximum atomic E-state index is 12.2. The van der Waals surface area contributed by atoms with Crippen molar-refractivity contribution in [2.45, 2.75) is 6.42 Å². The Morgan fingerprint density at radius 2 is 1.37 bits per heavy atom. The highest BCUT2D eigenvalue weighted by molar-refractivity contribution is 6.13. The number of hydrazone groups is 1. The van der Waals surface area contributed by atoms with Crippen LogP contribution >= 0.6 is 0 Å². The lowest BCUT2D eigenvalue weighted by atomic mass is 10.0. The molecule has 0 atom stereocenters. The van der Waals surface area contributed by atoms with Crippen molar-refractivity contribution in [3.05, 3.63) is 112 Å². The number of benzene rings is 3. The number of non-ortho nitro benzene ring substituents is 1. The van der Waals surface area contributed by atoms with E-state index in [9.17, 15) is 14.9 Å². The van der Waals surface area contributed by atoms with Crippen molar-refractivity contribution in [3.63, 3.8) is 0 Å². The van der Waals surface area contributed by atoms with Crippen LogP contribution in [0.2, 0.25) is 0 Å². The molecule has 1 amide bonds. The molecule has 0 aliphatic heterocycles. The molecule has 0 heterocycles. The quantitative estimate of drug-likeness (QED) is 0.414. The number of nitrogens with one attached hydrogen (secondary N) is 1. The van der Waals surface area contributed by atoms with Crippen molar-refractivity contribution >= 4 is 17.3 Å². The van der Waals surface area contributed by atoms with Crippen LogP contribution in [0.3, 0.4) is 0 Å². The molecule has 0 aromatic heterocycles. The number of hydrogen-bond acceptors (Lipinski definition) is 4. The third-order valence-electron chi connectivity index (χ3n) is 3.90. The van der Waals surface area contributed by atoms with Gasteiger partial charge in [-0.2, -0.15) is 5.10 Å². The number of rotatable bonds is 6. The second-order valence-electron chi connectivity index (χ2n) is 5.83. The molecular weight excluding hydrogens is 342 g/mol. The van der Waals surface area contributed by atoms with Gasteiger partial charge in [0.25, 0.3) is 5.69 Å². The molecule has 27 heavy (non-hydrogen) atoms. The van der Waals surface area contributed by atoms with Crippen LogP contribution in [-0.2, 0) is 11.2 Å². The van der Waals surface area contributed by atoms with Crippen LogP contribution in [0, 0.1) is 10.1 Å². The number of nitro benzene ring substituents is 1. The molecule has 0 spiro atoms. The van der Waals surface area contributed by atoms with Crippen LogP contribution in [0.4, 0.5) is 5.69 Å². The van der Waals surface area contributed by atoms with Gasteiger partial charge in [-0.3, -0.25) is 14.9 Å². The van der Waals surface area contributed by atoms with Gasteiger partial charge in [0.15, 0.2) is 0 Å². The van der Waals surface area contributed by atoms with Crippen molar-refractivity contribution in [1.82, 2.24) is 5.43 Å². The summed E-state index contributed by atoms with van der Waals surface area (Å²) >= 11 is 0. The highest BCUT2D eigenvalue weighted by Gasteiger charge is 2.09. The molecule has 6 nitrogen and oxygen atoms in total. The molecule has 0 bridgehead atoms. The topological polar surface area (TPSA) is 84.6 Å². The number of amides is 1. The second kappa shape index (κ2) is 8.53. The van der Waals surface area contributed by atoms with Crippen molar-refractivity contribution < 1.29 is 9.72 Å². The van der Waals surface area contributed by atoms with Crippen LogP contribution in [0.5, 0.6) is 0 Å². The van der Waals surface area contributed by atoms with E-state index in [-0.39, 0.29) is 18.0 Å². The fourth-order valence-electron chi connectivity index (χ4n) is 2.57. The zero-order valence-corrected chi connectivity index (χ0v) is 14.4. The van der Waals surface area contributed by atoms with Gasteiger partial charge < -0.3 is 0 Å². The Hall–Kier alpha value is -3.80. The normalized spacial score (nSPS) is 10.1. The van der Waals surface area contributed by atoms with Crippen LogP contribution in [0.15, 0.2) is 90.0 Å². The predicted octanol–water partition coefficient (Wildman–Crippen LogP) is 3.71. The van der Waals surface area contributed by atoms with E-state index in [1.807, 2.05) is 60.7 Å². The third-order valence-corrected chi connectivity index (χ3v) is 3.90. The van der Waals surface area contributed by atoms with Crippen molar-refractivity contribution in [3.8, 4) is 0 Å². The predicted molar refractivity (Wildman–Crippen MR) is 103 cm³/mol. The second-order valence-corrected chi connectivity index (χ2v) is 5.83. The Bertz CT molecular complexity index is 911. The number of nitrogens with zero attached hydrogens (tertiary/aromatic N) is 2. The van der Waals surface area contributed by atoms with E-state index in [4.69, 9.17) is 0 Å². The smallest absolute Gasteiger partial charge is 0.269 e. The Morgan fingerprint density at radius 3 is 1.85 bits per heavy atom. The summed E-state index contributed by atoms with van der Waals surface area (Å²) in [5.41, 5.74) is 5.69. The number of nitro groups is 1. The molecule has 0 saturated heterocycles. The van der Waals surface area contributed by atoms with E-state index in [0.717, 1.165) is 11.1 Å².